The minimum absolute atomic E-state index is 0.0851. The van der Waals surface area contributed by atoms with Crippen LogP contribution in [-0.4, -0.2) is 55.5 Å². The lowest BCUT2D eigenvalue weighted by Gasteiger charge is -2.24. The summed E-state index contributed by atoms with van der Waals surface area (Å²) in [5, 5.41) is 6.21. The van der Waals surface area contributed by atoms with E-state index in [4.69, 9.17) is 4.42 Å². The summed E-state index contributed by atoms with van der Waals surface area (Å²) in [5.74, 6) is -1.62. The number of rotatable bonds is 7. The van der Waals surface area contributed by atoms with Gasteiger partial charge in [-0.25, -0.2) is 8.42 Å². The molecule has 1 saturated heterocycles. The Hall–Kier alpha value is -3.50. The zero-order chi connectivity index (χ0) is 25.9. The number of ketones is 1. The summed E-state index contributed by atoms with van der Waals surface area (Å²) in [6.45, 7) is 3.41. The molecule has 1 aromatic heterocycles. The van der Waals surface area contributed by atoms with Crippen LogP contribution in [0.4, 0.5) is 0 Å². The molecule has 3 aromatic rings. The topological polar surface area (TPSA) is 126 Å². The number of hydrogen-bond donors (Lipinski definition) is 2. The van der Waals surface area contributed by atoms with Gasteiger partial charge in [0.2, 0.25) is 15.9 Å². The van der Waals surface area contributed by atoms with Crippen molar-refractivity contribution >= 4 is 38.6 Å². The Bertz CT molecular complexity index is 1330. The first-order valence-electron chi connectivity index (χ1n) is 11.8. The van der Waals surface area contributed by atoms with Gasteiger partial charge in [0.05, 0.1) is 17.5 Å². The van der Waals surface area contributed by atoms with Gasteiger partial charge in [-0.15, -0.1) is 0 Å². The third kappa shape index (κ3) is 5.50. The van der Waals surface area contributed by atoms with Crippen molar-refractivity contribution in [3.8, 4) is 0 Å². The predicted octanol–water partition coefficient (Wildman–Crippen LogP) is 2.73. The van der Waals surface area contributed by atoms with Crippen molar-refractivity contribution in [3.63, 3.8) is 0 Å². The maximum Gasteiger partial charge on any atom is 0.287 e. The molecule has 9 nitrogen and oxygen atoms in total. The minimum Gasteiger partial charge on any atom is -0.451 e. The van der Waals surface area contributed by atoms with E-state index in [0.717, 1.165) is 9.69 Å². The van der Waals surface area contributed by atoms with Crippen LogP contribution in [0, 0.1) is 5.92 Å². The molecule has 10 heteroatoms. The van der Waals surface area contributed by atoms with Crippen LogP contribution in [0.2, 0.25) is 0 Å². The molecule has 0 saturated carbocycles. The first kappa shape index (κ1) is 25.6. The fraction of sp³-hybridized carbons (Fsp3) is 0.346. The fourth-order valence-electron chi connectivity index (χ4n) is 4.20. The molecule has 2 aromatic carbocycles. The first-order chi connectivity index (χ1) is 17.2. The highest BCUT2D eigenvalue weighted by Gasteiger charge is 2.35. The minimum atomic E-state index is -3.83. The normalized spacial score (nSPS) is 18.1. The van der Waals surface area contributed by atoms with Crippen LogP contribution in [0.1, 0.15) is 37.2 Å². The molecule has 1 fully saturated rings. The van der Waals surface area contributed by atoms with Crippen LogP contribution >= 0.6 is 0 Å². The average Bonchev–Trinajstić information content (AvgIpc) is 3.21. The number of hydrogen-bond acceptors (Lipinski definition) is 6. The van der Waals surface area contributed by atoms with Crippen molar-refractivity contribution in [1.82, 2.24) is 14.9 Å². The van der Waals surface area contributed by atoms with Gasteiger partial charge in [0.15, 0.2) is 11.5 Å². The van der Waals surface area contributed by atoms with E-state index in [1.807, 2.05) is 12.1 Å². The molecule has 1 aliphatic heterocycles. The Labute approximate surface area is 209 Å². The van der Waals surface area contributed by atoms with Gasteiger partial charge in [-0.2, -0.15) is 4.31 Å². The maximum absolute atomic E-state index is 13.1. The molecule has 2 amide bonds. The van der Waals surface area contributed by atoms with Gasteiger partial charge < -0.3 is 15.1 Å². The predicted molar refractivity (Wildman–Crippen MR) is 134 cm³/mol. The molecule has 2 heterocycles. The fourth-order valence-corrected chi connectivity index (χ4v) is 5.66. The van der Waals surface area contributed by atoms with Crippen LogP contribution in [0.5, 0.6) is 0 Å². The van der Waals surface area contributed by atoms with E-state index in [1.165, 1.54) is 12.1 Å². The summed E-state index contributed by atoms with van der Waals surface area (Å²) in [4.78, 5) is 39.0. The SMILES string of the molecule is CC(C)C(NC(=O)c1cc2ccccc2o1)C(=O)NC1CCCN(S(=O)(=O)c2ccccc2)CC1=O. The third-order valence-corrected chi connectivity index (χ3v) is 8.06. The summed E-state index contributed by atoms with van der Waals surface area (Å²) >= 11 is 0. The van der Waals surface area contributed by atoms with Crippen LogP contribution in [0.25, 0.3) is 11.0 Å². The van der Waals surface area contributed by atoms with E-state index in [0.29, 0.717) is 18.4 Å². The lowest BCUT2D eigenvalue weighted by atomic mass is 10.0. The number of para-hydroxylation sites is 1. The summed E-state index contributed by atoms with van der Waals surface area (Å²) in [6.07, 6.45) is 0.703. The van der Waals surface area contributed by atoms with E-state index in [9.17, 15) is 22.8 Å². The summed E-state index contributed by atoms with van der Waals surface area (Å²) < 4.78 is 32.7. The van der Waals surface area contributed by atoms with Gasteiger partial charge >= 0.3 is 0 Å². The molecular formula is C26H29N3O6S. The van der Waals surface area contributed by atoms with Crippen LogP contribution in [0.15, 0.2) is 70.0 Å². The number of amides is 2. The Morgan fingerprint density at radius 2 is 1.75 bits per heavy atom. The van der Waals surface area contributed by atoms with Gasteiger partial charge in [-0.05, 0) is 43.0 Å². The molecule has 2 atom stereocenters. The molecule has 36 heavy (non-hydrogen) atoms. The summed E-state index contributed by atoms with van der Waals surface area (Å²) in [7, 11) is -3.83. The summed E-state index contributed by atoms with van der Waals surface area (Å²) in [6, 6.07) is 15.0. The molecule has 2 N–H and O–H groups in total. The van der Waals surface area contributed by atoms with Crippen molar-refractivity contribution in [2.24, 2.45) is 5.92 Å². The second-order valence-electron chi connectivity index (χ2n) is 9.16. The van der Waals surface area contributed by atoms with E-state index < -0.39 is 39.7 Å². The zero-order valence-electron chi connectivity index (χ0n) is 20.1. The number of sulfonamides is 1. The van der Waals surface area contributed by atoms with E-state index in [1.54, 1.807) is 50.2 Å². The van der Waals surface area contributed by atoms with Crippen molar-refractivity contribution in [2.75, 3.05) is 13.1 Å². The van der Waals surface area contributed by atoms with Crippen LogP contribution < -0.4 is 10.6 Å². The number of fused-ring (bicyclic) bond motifs is 1. The number of nitrogens with zero attached hydrogens (tertiary/aromatic N) is 1. The second-order valence-corrected chi connectivity index (χ2v) is 11.1. The number of carbonyl (C=O) groups excluding carboxylic acids is 3. The Kier molecular flexibility index (Phi) is 7.56. The molecule has 2 unspecified atom stereocenters. The lowest BCUT2D eigenvalue weighted by Crippen LogP contribution is -2.54. The van der Waals surface area contributed by atoms with Crippen molar-refractivity contribution in [1.29, 1.82) is 0 Å². The molecule has 190 valence electrons. The van der Waals surface area contributed by atoms with E-state index in [2.05, 4.69) is 10.6 Å². The number of Topliss-reactive ketones (excluding diaryl/α,β-unsaturated/α-hetero) is 1. The smallest absolute Gasteiger partial charge is 0.287 e. The molecular weight excluding hydrogens is 482 g/mol. The molecule has 0 aliphatic carbocycles. The van der Waals surface area contributed by atoms with Gasteiger partial charge in [0.1, 0.15) is 11.6 Å². The monoisotopic (exact) mass is 511 g/mol. The highest BCUT2D eigenvalue weighted by molar-refractivity contribution is 7.89. The number of benzene rings is 2. The molecule has 0 spiro atoms. The van der Waals surface area contributed by atoms with Gasteiger partial charge in [-0.1, -0.05) is 50.2 Å². The standard InChI is InChI=1S/C26H29N3O6S/c1-17(2)24(28-25(31)23-15-18-9-6-7-13-22(18)35-23)26(32)27-20-12-8-14-29(16-21(20)30)36(33,34)19-10-4-3-5-11-19/h3-7,9-11,13,15,17,20,24H,8,12,14,16H2,1-2H3,(H,27,32)(H,28,31). The Balaban J connectivity index is 1.43. The quantitative estimate of drug-likeness (QED) is 0.502. The first-order valence-corrected chi connectivity index (χ1v) is 13.3. The van der Waals surface area contributed by atoms with Gasteiger partial charge in [0, 0.05) is 11.9 Å². The van der Waals surface area contributed by atoms with E-state index in [-0.39, 0.29) is 29.7 Å². The highest BCUT2D eigenvalue weighted by atomic mass is 32.2. The molecule has 0 bridgehead atoms. The molecule has 1 aliphatic rings. The molecule has 0 radical (unpaired) electrons. The number of furan rings is 1. The Morgan fingerprint density at radius 1 is 1.06 bits per heavy atom. The molecule has 4 rings (SSSR count). The number of nitrogens with one attached hydrogen (secondary N) is 2. The van der Waals surface area contributed by atoms with E-state index >= 15 is 0 Å². The maximum atomic E-state index is 13.1. The van der Waals surface area contributed by atoms with Crippen LogP contribution in [-0.2, 0) is 19.6 Å². The zero-order valence-corrected chi connectivity index (χ0v) is 21.0. The van der Waals surface area contributed by atoms with Crippen molar-refractivity contribution < 1.29 is 27.2 Å². The number of carbonyl (C=O) groups is 3. The largest absolute Gasteiger partial charge is 0.451 e. The second kappa shape index (κ2) is 10.6. The van der Waals surface area contributed by atoms with Crippen molar-refractivity contribution in [2.45, 2.75) is 43.7 Å². The summed E-state index contributed by atoms with van der Waals surface area (Å²) in [5.41, 5.74) is 0.562. The van der Waals surface area contributed by atoms with Crippen molar-refractivity contribution in [3.05, 3.63) is 66.4 Å². The van der Waals surface area contributed by atoms with Gasteiger partial charge in [0.25, 0.3) is 5.91 Å². The Morgan fingerprint density at radius 3 is 2.44 bits per heavy atom. The van der Waals surface area contributed by atoms with Gasteiger partial charge in [-0.3, -0.25) is 14.4 Å². The van der Waals surface area contributed by atoms with Crippen LogP contribution in [0.3, 0.4) is 0 Å². The lowest BCUT2D eigenvalue weighted by molar-refractivity contribution is -0.129. The highest BCUT2D eigenvalue weighted by Crippen LogP contribution is 2.21. The average molecular weight is 512 g/mol. The third-order valence-electron chi connectivity index (χ3n) is 6.20.